The van der Waals surface area contributed by atoms with E-state index in [1.165, 1.54) is 16.7 Å². The molecule has 0 unspecified atom stereocenters. The molecule has 1 aromatic heterocycles. The lowest BCUT2D eigenvalue weighted by Gasteiger charge is -2.11. The Morgan fingerprint density at radius 2 is 2.24 bits per heavy atom. The van der Waals surface area contributed by atoms with Gasteiger partial charge in [-0.1, -0.05) is 23.9 Å². The summed E-state index contributed by atoms with van der Waals surface area (Å²) in [4.78, 5) is 29.3. The highest BCUT2D eigenvalue weighted by Crippen LogP contribution is 2.24. The standard InChI is InChI=1S/C14H16N4O2S/c1-2-17-11-6-4-3-5-10(11)16-14(17)21-9-12(19)18-8-7-15-13(18)20/h3-6H,2,7-9H2,1H3,(H,15,20). The lowest BCUT2D eigenvalue weighted by atomic mass is 10.3. The van der Waals surface area contributed by atoms with E-state index >= 15 is 0 Å². The fourth-order valence-electron chi connectivity index (χ4n) is 2.38. The Labute approximate surface area is 126 Å². The Morgan fingerprint density at radius 3 is 2.95 bits per heavy atom. The van der Waals surface area contributed by atoms with Crippen molar-refractivity contribution in [1.29, 1.82) is 0 Å². The minimum atomic E-state index is -0.301. The second-order valence-corrected chi connectivity index (χ2v) is 5.64. The number of nitrogens with one attached hydrogen (secondary N) is 1. The van der Waals surface area contributed by atoms with Crippen molar-refractivity contribution in [3.8, 4) is 0 Å². The molecule has 110 valence electrons. The molecule has 21 heavy (non-hydrogen) atoms. The molecule has 2 aromatic rings. The number of imide groups is 1. The molecule has 1 aliphatic rings. The molecule has 0 bridgehead atoms. The minimum absolute atomic E-state index is 0.176. The average Bonchev–Trinajstić information content (AvgIpc) is 3.07. The lowest BCUT2D eigenvalue weighted by Crippen LogP contribution is -2.35. The number of urea groups is 1. The summed E-state index contributed by atoms with van der Waals surface area (Å²) in [6.45, 7) is 3.82. The van der Waals surface area contributed by atoms with Gasteiger partial charge in [0.25, 0.3) is 0 Å². The Balaban J connectivity index is 1.76. The second-order valence-electron chi connectivity index (χ2n) is 4.69. The van der Waals surface area contributed by atoms with E-state index in [0.29, 0.717) is 13.1 Å². The number of fused-ring (bicyclic) bond motifs is 1. The molecule has 6 nitrogen and oxygen atoms in total. The topological polar surface area (TPSA) is 67.2 Å². The molecule has 7 heteroatoms. The van der Waals surface area contributed by atoms with Crippen molar-refractivity contribution in [2.45, 2.75) is 18.6 Å². The van der Waals surface area contributed by atoms with Gasteiger partial charge in [-0.2, -0.15) is 0 Å². The van der Waals surface area contributed by atoms with Crippen molar-refractivity contribution < 1.29 is 9.59 Å². The number of para-hydroxylation sites is 2. The van der Waals surface area contributed by atoms with E-state index in [2.05, 4.69) is 14.9 Å². The fourth-order valence-corrected chi connectivity index (χ4v) is 3.34. The molecule has 1 aliphatic heterocycles. The smallest absolute Gasteiger partial charge is 0.324 e. The van der Waals surface area contributed by atoms with Crippen LogP contribution < -0.4 is 5.32 Å². The first-order valence-electron chi connectivity index (χ1n) is 6.87. The number of benzene rings is 1. The van der Waals surface area contributed by atoms with Gasteiger partial charge in [0.2, 0.25) is 5.91 Å². The lowest BCUT2D eigenvalue weighted by molar-refractivity contribution is -0.124. The van der Waals surface area contributed by atoms with Crippen molar-refractivity contribution in [3.63, 3.8) is 0 Å². The van der Waals surface area contributed by atoms with Crippen LogP contribution in [0.4, 0.5) is 4.79 Å². The zero-order valence-electron chi connectivity index (χ0n) is 11.7. The number of imidazole rings is 1. The van der Waals surface area contributed by atoms with E-state index in [-0.39, 0.29) is 17.7 Å². The molecule has 0 spiro atoms. The van der Waals surface area contributed by atoms with Crippen LogP contribution in [0.1, 0.15) is 6.92 Å². The number of amides is 3. The first-order valence-corrected chi connectivity index (χ1v) is 7.85. The maximum Gasteiger partial charge on any atom is 0.324 e. The number of aryl methyl sites for hydroxylation is 1. The van der Waals surface area contributed by atoms with E-state index < -0.39 is 0 Å². The summed E-state index contributed by atoms with van der Waals surface area (Å²) in [6.07, 6.45) is 0. The molecular formula is C14H16N4O2S. The van der Waals surface area contributed by atoms with Gasteiger partial charge in [-0.3, -0.25) is 9.69 Å². The molecule has 3 amide bonds. The molecule has 2 heterocycles. The van der Waals surface area contributed by atoms with Crippen LogP contribution in [0.2, 0.25) is 0 Å². The average molecular weight is 304 g/mol. The van der Waals surface area contributed by atoms with Crippen molar-refractivity contribution in [2.75, 3.05) is 18.8 Å². The number of hydrogen-bond acceptors (Lipinski definition) is 4. The highest BCUT2D eigenvalue weighted by atomic mass is 32.2. The summed E-state index contributed by atoms with van der Waals surface area (Å²) in [5.74, 6) is 0.0428. The van der Waals surface area contributed by atoms with Crippen LogP contribution in [0.25, 0.3) is 11.0 Å². The number of carbonyl (C=O) groups excluding carboxylic acids is 2. The van der Waals surface area contributed by atoms with Gasteiger partial charge in [0, 0.05) is 19.6 Å². The van der Waals surface area contributed by atoms with Crippen LogP contribution in [0.3, 0.4) is 0 Å². The quantitative estimate of drug-likeness (QED) is 0.873. The normalized spacial score (nSPS) is 14.7. The van der Waals surface area contributed by atoms with Gasteiger partial charge in [0.05, 0.1) is 16.8 Å². The van der Waals surface area contributed by atoms with Gasteiger partial charge < -0.3 is 9.88 Å². The van der Waals surface area contributed by atoms with Crippen LogP contribution in [0.5, 0.6) is 0 Å². The summed E-state index contributed by atoms with van der Waals surface area (Å²) in [5.41, 5.74) is 1.99. The molecule has 1 fully saturated rings. The predicted octanol–water partition coefficient (Wildman–Crippen LogP) is 1.70. The monoisotopic (exact) mass is 304 g/mol. The molecule has 1 saturated heterocycles. The van der Waals surface area contributed by atoms with E-state index in [4.69, 9.17) is 0 Å². The third-order valence-corrected chi connectivity index (χ3v) is 4.38. The van der Waals surface area contributed by atoms with Gasteiger partial charge in [0.15, 0.2) is 5.16 Å². The van der Waals surface area contributed by atoms with Crippen LogP contribution in [0, 0.1) is 0 Å². The highest BCUT2D eigenvalue weighted by molar-refractivity contribution is 7.99. The van der Waals surface area contributed by atoms with Crippen molar-refractivity contribution in [1.82, 2.24) is 19.8 Å². The molecule has 1 N–H and O–H groups in total. The Hall–Kier alpha value is -2.02. The molecular weight excluding hydrogens is 288 g/mol. The van der Waals surface area contributed by atoms with E-state index in [1.54, 1.807) is 0 Å². The number of aromatic nitrogens is 2. The first-order chi connectivity index (χ1) is 10.2. The molecule has 3 rings (SSSR count). The third kappa shape index (κ3) is 2.61. The van der Waals surface area contributed by atoms with Crippen molar-refractivity contribution in [3.05, 3.63) is 24.3 Å². The molecule has 0 radical (unpaired) electrons. The molecule has 1 aromatic carbocycles. The van der Waals surface area contributed by atoms with Gasteiger partial charge in [-0.15, -0.1) is 0 Å². The molecule has 0 aliphatic carbocycles. The Bertz CT molecular complexity index is 697. The van der Waals surface area contributed by atoms with Crippen molar-refractivity contribution in [2.24, 2.45) is 0 Å². The Morgan fingerprint density at radius 1 is 1.43 bits per heavy atom. The van der Waals surface area contributed by atoms with Crippen LogP contribution >= 0.6 is 11.8 Å². The largest absolute Gasteiger partial charge is 0.336 e. The zero-order chi connectivity index (χ0) is 14.8. The fraction of sp³-hybridized carbons (Fsp3) is 0.357. The Kier molecular flexibility index (Phi) is 3.83. The van der Waals surface area contributed by atoms with Crippen LogP contribution in [-0.2, 0) is 11.3 Å². The van der Waals surface area contributed by atoms with E-state index in [1.807, 2.05) is 31.2 Å². The van der Waals surface area contributed by atoms with Gasteiger partial charge in [-0.05, 0) is 19.1 Å². The van der Waals surface area contributed by atoms with Crippen molar-refractivity contribution >= 4 is 34.7 Å². The van der Waals surface area contributed by atoms with E-state index in [0.717, 1.165) is 22.7 Å². The van der Waals surface area contributed by atoms with Gasteiger partial charge in [0.1, 0.15) is 0 Å². The SMILES string of the molecule is CCn1c(SCC(=O)N2CCNC2=O)nc2ccccc21. The summed E-state index contributed by atoms with van der Waals surface area (Å²) in [6, 6.07) is 7.60. The third-order valence-electron chi connectivity index (χ3n) is 3.42. The molecule has 0 atom stereocenters. The maximum absolute atomic E-state index is 12.1. The number of hydrogen-bond donors (Lipinski definition) is 1. The first kappa shape index (κ1) is 13.9. The number of thioether (sulfide) groups is 1. The minimum Gasteiger partial charge on any atom is -0.336 e. The summed E-state index contributed by atoms with van der Waals surface area (Å²) in [7, 11) is 0. The summed E-state index contributed by atoms with van der Waals surface area (Å²) >= 11 is 1.37. The number of carbonyl (C=O) groups is 2. The van der Waals surface area contributed by atoms with Crippen LogP contribution in [0.15, 0.2) is 29.4 Å². The zero-order valence-corrected chi connectivity index (χ0v) is 12.5. The van der Waals surface area contributed by atoms with E-state index in [9.17, 15) is 9.59 Å². The summed E-state index contributed by atoms with van der Waals surface area (Å²) in [5, 5.41) is 3.44. The number of nitrogens with zero attached hydrogens (tertiary/aromatic N) is 3. The second kappa shape index (κ2) is 5.77. The highest BCUT2D eigenvalue weighted by Gasteiger charge is 2.26. The number of rotatable bonds is 4. The predicted molar refractivity (Wildman–Crippen MR) is 81.2 cm³/mol. The maximum atomic E-state index is 12.1. The van der Waals surface area contributed by atoms with Gasteiger partial charge in [-0.25, -0.2) is 9.78 Å². The van der Waals surface area contributed by atoms with Gasteiger partial charge >= 0.3 is 6.03 Å². The van der Waals surface area contributed by atoms with Crippen LogP contribution in [-0.4, -0.2) is 45.2 Å². The summed E-state index contributed by atoms with van der Waals surface area (Å²) < 4.78 is 2.08. The molecule has 0 saturated carbocycles.